The zero-order valence-corrected chi connectivity index (χ0v) is 9.49. The number of rotatable bonds is 2. The molecule has 0 saturated carbocycles. The molecule has 0 aliphatic carbocycles. The molecule has 5 nitrogen and oxygen atoms in total. The van der Waals surface area contributed by atoms with Gasteiger partial charge in [0.25, 0.3) is 0 Å². The molecule has 0 radical (unpaired) electrons. The summed E-state index contributed by atoms with van der Waals surface area (Å²) in [6.07, 6.45) is 1.58. The van der Waals surface area contributed by atoms with Crippen LogP contribution in [0.5, 0.6) is 0 Å². The van der Waals surface area contributed by atoms with Crippen LogP contribution >= 0.6 is 11.3 Å². The van der Waals surface area contributed by atoms with Crippen molar-refractivity contribution in [3.63, 3.8) is 0 Å². The Labute approximate surface area is 100 Å². The van der Waals surface area contributed by atoms with Gasteiger partial charge >= 0.3 is 0 Å². The van der Waals surface area contributed by atoms with Crippen LogP contribution in [0.1, 0.15) is 0 Å². The lowest BCUT2D eigenvalue weighted by Gasteiger charge is -1.91. The number of pyridine rings is 1. The second-order valence-electron chi connectivity index (χ2n) is 3.43. The number of hydrogen-bond acceptors (Lipinski definition) is 4. The SMILES string of the molecule is O=c1cc(-c2n[nH]c(-c3cccs3)n2)cc[nH]1. The summed E-state index contributed by atoms with van der Waals surface area (Å²) in [5, 5.41) is 8.94. The summed E-state index contributed by atoms with van der Waals surface area (Å²) in [5.41, 5.74) is 0.540. The molecule has 17 heavy (non-hydrogen) atoms. The molecule has 2 N–H and O–H groups in total. The summed E-state index contributed by atoms with van der Waals surface area (Å²) in [7, 11) is 0. The van der Waals surface area contributed by atoms with Crippen molar-refractivity contribution in [2.45, 2.75) is 0 Å². The normalized spacial score (nSPS) is 10.6. The molecular weight excluding hydrogens is 236 g/mol. The first kappa shape index (κ1) is 9.98. The van der Waals surface area contributed by atoms with Crippen molar-refractivity contribution in [3.8, 4) is 22.1 Å². The minimum atomic E-state index is -0.162. The van der Waals surface area contributed by atoms with Gasteiger partial charge in [0.2, 0.25) is 5.56 Å². The van der Waals surface area contributed by atoms with Gasteiger partial charge in [-0.05, 0) is 17.5 Å². The standard InChI is InChI=1S/C11H8N4OS/c16-9-6-7(3-4-12-9)10-13-11(15-14-10)8-2-1-5-17-8/h1-6H,(H,12,16)(H,13,14,15). The molecule has 3 aromatic rings. The van der Waals surface area contributed by atoms with E-state index in [4.69, 9.17) is 0 Å². The molecule has 0 amide bonds. The third kappa shape index (κ3) is 1.90. The van der Waals surface area contributed by atoms with Crippen molar-refractivity contribution in [1.82, 2.24) is 20.2 Å². The second kappa shape index (κ2) is 3.99. The van der Waals surface area contributed by atoms with Gasteiger partial charge in [-0.2, -0.15) is 5.10 Å². The molecule has 0 bridgehead atoms. The molecule has 0 atom stereocenters. The van der Waals surface area contributed by atoms with E-state index in [0.717, 1.165) is 10.7 Å². The largest absolute Gasteiger partial charge is 0.329 e. The maximum Gasteiger partial charge on any atom is 0.248 e. The molecule has 0 fully saturated rings. The van der Waals surface area contributed by atoms with Gasteiger partial charge in [0.05, 0.1) is 4.88 Å². The fourth-order valence-corrected chi connectivity index (χ4v) is 2.16. The maximum atomic E-state index is 11.2. The van der Waals surface area contributed by atoms with Crippen molar-refractivity contribution in [3.05, 3.63) is 46.2 Å². The Hall–Kier alpha value is -2.21. The van der Waals surface area contributed by atoms with Crippen LogP contribution in [-0.2, 0) is 0 Å². The summed E-state index contributed by atoms with van der Waals surface area (Å²) in [4.78, 5) is 19.1. The van der Waals surface area contributed by atoms with E-state index in [0.29, 0.717) is 11.4 Å². The first-order chi connectivity index (χ1) is 8.33. The highest BCUT2D eigenvalue weighted by Crippen LogP contribution is 2.22. The van der Waals surface area contributed by atoms with Crippen LogP contribution < -0.4 is 5.56 Å². The van der Waals surface area contributed by atoms with Gasteiger partial charge in [0.15, 0.2) is 11.6 Å². The molecular formula is C11H8N4OS. The van der Waals surface area contributed by atoms with Gasteiger partial charge in [-0.1, -0.05) is 6.07 Å². The lowest BCUT2D eigenvalue weighted by Crippen LogP contribution is -2.02. The van der Waals surface area contributed by atoms with Crippen LogP contribution in [0, 0.1) is 0 Å². The van der Waals surface area contributed by atoms with Crippen LogP contribution in [0.25, 0.3) is 22.1 Å². The molecule has 0 aliphatic heterocycles. The quantitative estimate of drug-likeness (QED) is 0.722. The Morgan fingerprint density at radius 2 is 2.24 bits per heavy atom. The van der Waals surface area contributed by atoms with E-state index in [9.17, 15) is 4.79 Å². The monoisotopic (exact) mass is 244 g/mol. The molecule has 6 heteroatoms. The Kier molecular flexibility index (Phi) is 2.34. The summed E-state index contributed by atoms with van der Waals surface area (Å²) in [6.45, 7) is 0. The summed E-state index contributed by atoms with van der Waals surface area (Å²) >= 11 is 1.59. The Balaban J connectivity index is 2.03. The summed E-state index contributed by atoms with van der Waals surface area (Å²) in [5.74, 6) is 1.25. The first-order valence-electron chi connectivity index (χ1n) is 4.98. The van der Waals surface area contributed by atoms with E-state index >= 15 is 0 Å². The predicted molar refractivity (Wildman–Crippen MR) is 65.8 cm³/mol. The van der Waals surface area contributed by atoms with Crippen LogP contribution in [0.4, 0.5) is 0 Å². The van der Waals surface area contributed by atoms with Crippen LogP contribution in [0.2, 0.25) is 0 Å². The number of hydrogen-bond donors (Lipinski definition) is 2. The Morgan fingerprint density at radius 3 is 3.00 bits per heavy atom. The van der Waals surface area contributed by atoms with E-state index in [-0.39, 0.29) is 5.56 Å². The molecule has 0 aromatic carbocycles. The topological polar surface area (TPSA) is 74.4 Å². The van der Waals surface area contributed by atoms with E-state index in [2.05, 4.69) is 20.2 Å². The number of thiophene rings is 1. The third-order valence-electron chi connectivity index (χ3n) is 2.27. The molecule has 3 aromatic heterocycles. The van der Waals surface area contributed by atoms with Gasteiger partial charge in [-0.25, -0.2) is 4.98 Å². The number of nitrogens with one attached hydrogen (secondary N) is 2. The number of H-pyrrole nitrogens is 2. The van der Waals surface area contributed by atoms with Crippen molar-refractivity contribution in [2.75, 3.05) is 0 Å². The van der Waals surface area contributed by atoms with E-state index in [1.54, 1.807) is 23.6 Å². The third-order valence-corrected chi connectivity index (χ3v) is 3.15. The summed E-state index contributed by atoms with van der Waals surface area (Å²) < 4.78 is 0. The van der Waals surface area contributed by atoms with Gasteiger partial charge in [0, 0.05) is 17.8 Å². The maximum absolute atomic E-state index is 11.2. The number of aromatic nitrogens is 4. The minimum Gasteiger partial charge on any atom is -0.329 e. The van der Waals surface area contributed by atoms with Crippen molar-refractivity contribution in [2.24, 2.45) is 0 Å². The highest BCUT2D eigenvalue weighted by Gasteiger charge is 2.08. The van der Waals surface area contributed by atoms with Crippen molar-refractivity contribution >= 4 is 11.3 Å². The molecule has 0 saturated heterocycles. The van der Waals surface area contributed by atoms with E-state index < -0.39 is 0 Å². The highest BCUT2D eigenvalue weighted by atomic mass is 32.1. The van der Waals surface area contributed by atoms with Gasteiger partial charge < -0.3 is 4.98 Å². The van der Waals surface area contributed by atoms with Crippen LogP contribution in [0.3, 0.4) is 0 Å². The van der Waals surface area contributed by atoms with E-state index in [1.165, 1.54) is 6.07 Å². The lowest BCUT2D eigenvalue weighted by atomic mass is 10.2. The molecule has 3 heterocycles. The average molecular weight is 244 g/mol. The van der Waals surface area contributed by atoms with E-state index in [1.807, 2.05) is 17.5 Å². The average Bonchev–Trinajstić information content (AvgIpc) is 3.00. The Morgan fingerprint density at radius 1 is 1.29 bits per heavy atom. The van der Waals surface area contributed by atoms with Crippen molar-refractivity contribution < 1.29 is 0 Å². The second-order valence-corrected chi connectivity index (χ2v) is 4.37. The van der Waals surface area contributed by atoms with Crippen molar-refractivity contribution in [1.29, 1.82) is 0 Å². The summed E-state index contributed by atoms with van der Waals surface area (Å²) in [6, 6.07) is 7.16. The highest BCUT2D eigenvalue weighted by molar-refractivity contribution is 7.13. The molecule has 0 aliphatic rings. The van der Waals surface area contributed by atoms with Gasteiger partial charge in [-0.3, -0.25) is 9.89 Å². The minimum absolute atomic E-state index is 0.162. The molecule has 0 unspecified atom stereocenters. The van der Waals surface area contributed by atoms with Crippen LogP contribution in [-0.4, -0.2) is 20.2 Å². The zero-order valence-electron chi connectivity index (χ0n) is 8.68. The smallest absolute Gasteiger partial charge is 0.248 e. The Bertz CT molecular complexity index is 683. The number of nitrogens with zero attached hydrogens (tertiary/aromatic N) is 2. The fraction of sp³-hybridized carbons (Fsp3) is 0. The lowest BCUT2D eigenvalue weighted by molar-refractivity contribution is 1.10. The van der Waals surface area contributed by atoms with Crippen LogP contribution in [0.15, 0.2) is 40.6 Å². The van der Waals surface area contributed by atoms with Gasteiger partial charge in [-0.15, -0.1) is 11.3 Å². The van der Waals surface area contributed by atoms with Gasteiger partial charge in [0.1, 0.15) is 0 Å². The number of aromatic amines is 2. The zero-order chi connectivity index (χ0) is 11.7. The molecule has 3 rings (SSSR count). The molecule has 0 spiro atoms. The first-order valence-corrected chi connectivity index (χ1v) is 5.86. The fourth-order valence-electron chi connectivity index (χ4n) is 1.50. The predicted octanol–water partition coefficient (Wildman–Crippen LogP) is 1.89. The molecule has 84 valence electrons.